The van der Waals surface area contributed by atoms with Gasteiger partial charge < -0.3 is 14.4 Å². The average Bonchev–Trinajstić information content (AvgIpc) is 3.19. The number of nitrogens with zero attached hydrogens (tertiary/aromatic N) is 4. The van der Waals surface area contributed by atoms with Crippen LogP contribution in [0.25, 0.3) is 0 Å². The number of fused-ring (bicyclic) bond motifs is 1. The Hall–Kier alpha value is -1.69. The van der Waals surface area contributed by atoms with E-state index >= 15 is 0 Å². The van der Waals surface area contributed by atoms with E-state index < -0.39 is 0 Å². The van der Waals surface area contributed by atoms with Gasteiger partial charge in [-0.05, 0) is 26.2 Å². The Morgan fingerprint density at radius 2 is 2.41 bits per heavy atom. The first-order valence-corrected chi connectivity index (χ1v) is 8.34. The minimum Gasteiger partial charge on any atom is -0.338 e. The van der Waals surface area contributed by atoms with Crippen molar-refractivity contribution in [2.75, 3.05) is 6.54 Å². The third-order valence-electron chi connectivity index (χ3n) is 4.34. The fourth-order valence-corrected chi connectivity index (χ4v) is 2.99. The van der Waals surface area contributed by atoms with Crippen molar-refractivity contribution in [3.8, 4) is 0 Å². The summed E-state index contributed by atoms with van der Waals surface area (Å²) >= 11 is 0. The van der Waals surface area contributed by atoms with Gasteiger partial charge in [-0.1, -0.05) is 18.5 Å². The van der Waals surface area contributed by atoms with Crippen molar-refractivity contribution in [3.05, 3.63) is 29.9 Å². The number of nitrogens with one attached hydrogen (secondary N) is 1. The van der Waals surface area contributed by atoms with E-state index in [1.165, 1.54) is 18.7 Å². The topological polar surface area (TPSA) is 68.8 Å². The maximum Gasteiger partial charge on any atom is 0.243 e. The molecule has 1 aliphatic rings. The maximum absolute atomic E-state index is 5.37. The van der Waals surface area contributed by atoms with E-state index in [9.17, 15) is 0 Å². The number of hydrogen-bond donors (Lipinski definition) is 1. The molecule has 0 saturated heterocycles. The molecule has 1 N–H and O–H groups in total. The molecule has 22 heavy (non-hydrogen) atoms. The van der Waals surface area contributed by atoms with E-state index in [2.05, 4.69) is 45.1 Å². The normalized spacial score (nSPS) is 19.1. The van der Waals surface area contributed by atoms with Crippen LogP contribution in [0.1, 0.15) is 69.0 Å². The number of imidazole rings is 1. The molecule has 6 nitrogen and oxygen atoms in total. The Balaban J connectivity index is 1.54. The van der Waals surface area contributed by atoms with Crippen molar-refractivity contribution in [2.45, 2.75) is 64.5 Å². The minimum absolute atomic E-state index is 0.0771. The highest BCUT2D eigenvalue weighted by Gasteiger charge is 2.23. The van der Waals surface area contributed by atoms with Crippen LogP contribution in [-0.4, -0.2) is 26.2 Å². The van der Waals surface area contributed by atoms with Crippen LogP contribution in [0.5, 0.6) is 0 Å². The Morgan fingerprint density at radius 1 is 1.50 bits per heavy atom. The molecule has 0 radical (unpaired) electrons. The van der Waals surface area contributed by atoms with E-state index in [4.69, 9.17) is 4.52 Å². The fraction of sp³-hybridized carbons (Fsp3) is 0.688. The highest BCUT2D eigenvalue weighted by Crippen LogP contribution is 2.25. The average molecular weight is 303 g/mol. The lowest BCUT2D eigenvalue weighted by atomic mass is 9.98. The second-order valence-electron chi connectivity index (χ2n) is 6.10. The Morgan fingerprint density at radius 3 is 3.27 bits per heavy atom. The van der Waals surface area contributed by atoms with Crippen molar-refractivity contribution in [2.24, 2.45) is 0 Å². The smallest absolute Gasteiger partial charge is 0.243 e. The number of aryl methyl sites for hydroxylation is 2. The summed E-state index contributed by atoms with van der Waals surface area (Å²) in [5, 5.41) is 7.57. The molecule has 0 aromatic carbocycles. The summed E-state index contributed by atoms with van der Waals surface area (Å²) in [6, 6.07) is 0.0771. The molecule has 0 aliphatic carbocycles. The van der Waals surface area contributed by atoms with Gasteiger partial charge in [0, 0.05) is 37.8 Å². The zero-order valence-corrected chi connectivity index (χ0v) is 13.5. The molecule has 0 fully saturated rings. The Labute approximate surface area is 131 Å². The van der Waals surface area contributed by atoms with Gasteiger partial charge in [0.05, 0.1) is 6.04 Å². The monoisotopic (exact) mass is 303 g/mol. The van der Waals surface area contributed by atoms with E-state index in [0.717, 1.165) is 38.2 Å². The summed E-state index contributed by atoms with van der Waals surface area (Å²) in [6.07, 6.45) is 9.51. The van der Waals surface area contributed by atoms with E-state index in [-0.39, 0.29) is 6.04 Å². The first-order valence-electron chi connectivity index (χ1n) is 8.34. The van der Waals surface area contributed by atoms with Crippen molar-refractivity contribution in [1.82, 2.24) is 25.0 Å². The lowest BCUT2D eigenvalue weighted by Crippen LogP contribution is -2.28. The Kier molecular flexibility index (Phi) is 4.87. The van der Waals surface area contributed by atoms with Gasteiger partial charge in [0.1, 0.15) is 5.82 Å². The molecule has 6 heteroatoms. The molecule has 2 atom stereocenters. The van der Waals surface area contributed by atoms with Gasteiger partial charge in [0.2, 0.25) is 5.89 Å². The molecule has 2 aromatic heterocycles. The van der Waals surface area contributed by atoms with Gasteiger partial charge in [-0.25, -0.2) is 4.98 Å². The highest BCUT2D eigenvalue weighted by atomic mass is 16.5. The number of aromatic nitrogens is 4. The second kappa shape index (κ2) is 7.05. The molecular weight excluding hydrogens is 278 g/mol. The van der Waals surface area contributed by atoms with Crippen molar-refractivity contribution in [1.29, 1.82) is 0 Å². The summed E-state index contributed by atoms with van der Waals surface area (Å²) in [5.74, 6) is 3.16. The fourth-order valence-electron chi connectivity index (χ4n) is 2.99. The van der Waals surface area contributed by atoms with Gasteiger partial charge in [-0.3, -0.25) is 0 Å². The molecule has 120 valence electrons. The lowest BCUT2D eigenvalue weighted by Gasteiger charge is -2.24. The first-order chi connectivity index (χ1) is 10.8. The summed E-state index contributed by atoms with van der Waals surface area (Å²) in [5.41, 5.74) is 0. The van der Waals surface area contributed by atoms with Crippen molar-refractivity contribution >= 4 is 0 Å². The predicted octanol–water partition coefficient (Wildman–Crippen LogP) is 2.84. The molecule has 0 saturated carbocycles. The zero-order chi connectivity index (χ0) is 15.4. The summed E-state index contributed by atoms with van der Waals surface area (Å²) in [4.78, 5) is 8.98. The number of hydrogen-bond acceptors (Lipinski definition) is 5. The van der Waals surface area contributed by atoms with Crippen LogP contribution < -0.4 is 5.32 Å². The molecule has 3 rings (SSSR count). The highest BCUT2D eigenvalue weighted by molar-refractivity contribution is 5.04. The molecular formula is C16H25N5O. The summed E-state index contributed by atoms with van der Waals surface area (Å²) < 4.78 is 7.63. The molecule has 2 aromatic rings. The maximum atomic E-state index is 5.37. The van der Waals surface area contributed by atoms with Crippen LogP contribution in [-0.2, 0) is 13.0 Å². The van der Waals surface area contributed by atoms with Gasteiger partial charge in [-0.2, -0.15) is 4.98 Å². The molecule has 0 bridgehead atoms. The predicted molar refractivity (Wildman–Crippen MR) is 83.5 cm³/mol. The van der Waals surface area contributed by atoms with Gasteiger partial charge in [-0.15, -0.1) is 0 Å². The van der Waals surface area contributed by atoms with Crippen LogP contribution in [0.4, 0.5) is 0 Å². The SMILES string of the molecule is CCCCc1noc([C@H](C)NC[C@H]2CCCn3ccnc32)n1. The van der Waals surface area contributed by atoms with Gasteiger partial charge in [0.25, 0.3) is 0 Å². The van der Waals surface area contributed by atoms with Gasteiger partial charge in [0.15, 0.2) is 5.82 Å². The van der Waals surface area contributed by atoms with Crippen LogP contribution in [0.15, 0.2) is 16.9 Å². The molecule has 0 unspecified atom stereocenters. The van der Waals surface area contributed by atoms with Crippen LogP contribution >= 0.6 is 0 Å². The third kappa shape index (κ3) is 3.38. The molecule has 3 heterocycles. The molecule has 0 spiro atoms. The summed E-state index contributed by atoms with van der Waals surface area (Å²) in [6.45, 7) is 6.22. The zero-order valence-electron chi connectivity index (χ0n) is 13.5. The number of rotatable bonds is 7. The van der Waals surface area contributed by atoms with E-state index in [1.54, 1.807) is 0 Å². The summed E-state index contributed by atoms with van der Waals surface area (Å²) in [7, 11) is 0. The third-order valence-corrected chi connectivity index (χ3v) is 4.34. The van der Waals surface area contributed by atoms with Crippen LogP contribution in [0, 0.1) is 0 Å². The lowest BCUT2D eigenvalue weighted by molar-refractivity contribution is 0.325. The van der Waals surface area contributed by atoms with Crippen molar-refractivity contribution in [3.63, 3.8) is 0 Å². The Bertz CT molecular complexity index is 591. The van der Waals surface area contributed by atoms with E-state index in [0.29, 0.717) is 11.8 Å². The standard InChI is InChI=1S/C16H25N5O/c1-3-4-7-14-19-16(22-20-14)12(2)18-11-13-6-5-9-21-10-8-17-15(13)21/h8,10,12-13,18H,3-7,9,11H2,1-2H3/t12-,13+/m0/s1. The quantitative estimate of drug-likeness (QED) is 0.852. The van der Waals surface area contributed by atoms with Crippen LogP contribution in [0.3, 0.4) is 0 Å². The number of unbranched alkanes of at least 4 members (excludes halogenated alkanes) is 1. The van der Waals surface area contributed by atoms with Crippen molar-refractivity contribution < 1.29 is 4.52 Å². The molecule has 0 amide bonds. The second-order valence-corrected chi connectivity index (χ2v) is 6.10. The molecule has 1 aliphatic heterocycles. The minimum atomic E-state index is 0.0771. The first kappa shape index (κ1) is 15.2. The van der Waals surface area contributed by atoms with Gasteiger partial charge >= 0.3 is 0 Å². The van der Waals surface area contributed by atoms with E-state index in [1.807, 2.05) is 6.20 Å². The largest absolute Gasteiger partial charge is 0.338 e. The van der Waals surface area contributed by atoms with Crippen LogP contribution in [0.2, 0.25) is 0 Å².